The number of esters is 3. The van der Waals surface area contributed by atoms with Crippen LogP contribution in [0, 0.1) is 26.2 Å². The van der Waals surface area contributed by atoms with Gasteiger partial charge in [0.05, 0.1) is 39.7 Å². The van der Waals surface area contributed by atoms with Gasteiger partial charge in [0.1, 0.15) is 35.8 Å². The molecule has 9 heterocycles. The van der Waals surface area contributed by atoms with Gasteiger partial charge in [0.15, 0.2) is 16.9 Å². The van der Waals surface area contributed by atoms with Crippen LogP contribution in [0.2, 0.25) is 0 Å². The number of nitrogens with one attached hydrogen (secondary N) is 6. The summed E-state index contributed by atoms with van der Waals surface area (Å²) in [5, 5.41) is 22.7. The van der Waals surface area contributed by atoms with Crippen LogP contribution in [0.4, 0.5) is 35.3 Å². The van der Waals surface area contributed by atoms with E-state index in [1.807, 2.05) is 70.0 Å². The molecule has 3 aliphatic carbocycles. The first-order valence-electron chi connectivity index (χ1n) is 30.2. The molecule has 6 aromatic rings. The molecule has 456 valence electrons. The highest BCUT2D eigenvalue weighted by Gasteiger charge is 2.39. The van der Waals surface area contributed by atoms with Crippen molar-refractivity contribution in [2.24, 2.45) is 5.41 Å². The van der Waals surface area contributed by atoms with Crippen molar-refractivity contribution in [3.63, 3.8) is 0 Å². The number of carbonyl (C=O) groups excluding carboxylic acids is 3. The van der Waals surface area contributed by atoms with Gasteiger partial charge in [0.2, 0.25) is 17.8 Å². The van der Waals surface area contributed by atoms with Gasteiger partial charge in [-0.05, 0) is 154 Å². The summed E-state index contributed by atoms with van der Waals surface area (Å²) in [7, 11) is 11.6. The van der Waals surface area contributed by atoms with Gasteiger partial charge in [-0.1, -0.05) is 6.92 Å². The Morgan fingerprint density at radius 1 is 0.482 bits per heavy atom. The van der Waals surface area contributed by atoms with E-state index in [2.05, 4.69) is 72.4 Å². The summed E-state index contributed by atoms with van der Waals surface area (Å²) in [6.45, 7) is 19.6. The Morgan fingerprint density at radius 3 is 1.12 bits per heavy atom. The maximum Gasteiger partial charge on any atom is 0.311 e. The SMILES string of the molecule is CCC(=O)OC1CN(C)CC1Nc1nc(NC)c2c(C)c3c(nc2n1)CCC3.CNc1nc(NC2CN(C)CC2OC(=O)C(C)(C)C)nc2nc3c(c(C)c12)CCC3.CNc1nc(NC2CN(C)CC2OC(C)=O)nc2nc3c(c(C)c12)CCC3. The van der Waals surface area contributed by atoms with Crippen LogP contribution in [0.1, 0.15) is 111 Å². The zero-order chi connectivity index (χ0) is 60.6. The molecule has 6 unspecified atom stereocenters. The maximum absolute atomic E-state index is 12.4. The topological polar surface area (TPSA) is 277 Å². The zero-order valence-electron chi connectivity index (χ0n) is 52.1. The summed E-state index contributed by atoms with van der Waals surface area (Å²) >= 11 is 0. The summed E-state index contributed by atoms with van der Waals surface area (Å²) in [5.41, 5.74) is 12.8. The minimum Gasteiger partial charge on any atom is -0.459 e. The number of pyridine rings is 3. The molecule has 0 aromatic carbocycles. The minimum absolute atomic E-state index is 0.0572. The highest BCUT2D eigenvalue weighted by atomic mass is 16.6. The molecule has 0 amide bonds. The summed E-state index contributed by atoms with van der Waals surface area (Å²) in [5.74, 6) is 3.20. The number of aryl methyl sites for hydroxylation is 6. The number of aromatic nitrogens is 9. The van der Waals surface area contributed by atoms with E-state index in [4.69, 9.17) is 54.1 Å². The van der Waals surface area contributed by atoms with E-state index in [9.17, 15) is 14.4 Å². The number of carbonyl (C=O) groups is 3. The lowest BCUT2D eigenvalue weighted by molar-refractivity contribution is -0.158. The number of hydrogen-bond donors (Lipinski definition) is 6. The standard InChI is InChI=1S/C22H32N6O2.C20H28N6O2.C19H26N6O2/c1-12-13-8-7-9-14(13)24-19-17(12)18(23-5)26-21(27-19)25-15-10-28(6)11-16(15)30-20(29)22(2,3)4;1-5-16(27)28-15-10-26(4)9-14(15)23-20-24-18(21-3)17-11(2)12-7-6-8-13(12)22-19(17)25-20;1-10-12-6-5-7-13(12)21-18-16(10)17(20-3)23-19(24-18)22-14-8-25(4)9-15(14)27-11(2)26/h15-16H,7-11H2,1-6H3,(H2,23,24,25,26,27);14-15H,5-10H2,1-4H3,(H2,21,22,23,24,25);14-15H,5-9H2,1-4H3,(H2,20,21,22,23,24). The van der Waals surface area contributed by atoms with Crippen molar-refractivity contribution in [3.05, 3.63) is 50.5 Å². The molecule has 0 spiro atoms. The molecule has 6 atom stereocenters. The number of rotatable bonds is 13. The normalized spacial score (nSPS) is 21.8. The van der Waals surface area contributed by atoms with Gasteiger partial charge in [-0.2, -0.15) is 29.9 Å². The Kier molecular flexibility index (Phi) is 18.0. The Morgan fingerprint density at radius 2 is 0.812 bits per heavy atom. The molecule has 3 aliphatic heterocycles. The van der Waals surface area contributed by atoms with Gasteiger partial charge in [-0.3, -0.25) is 14.4 Å². The number of nitrogens with zero attached hydrogens (tertiary/aromatic N) is 12. The summed E-state index contributed by atoms with van der Waals surface area (Å²) in [6, 6.07) is -0.200. The minimum atomic E-state index is -0.535. The molecule has 24 heteroatoms. The Balaban J connectivity index is 0.000000142. The van der Waals surface area contributed by atoms with Gasteiger partial charge < -0.3 is 60.8 Å². The predicted molar refractivity (Wildman–Crippen MR) is 331 cm³/mol. The predicted octanol–water partition coefficient (Wildman–Crippen LogP) is 5.98. The average molecular weight is 1170 g/mol. The molecule has 0 bridgehead atoms. The van der Waals surface area contributed by atoms with E-state index >= 15 is 0 Å². The van der Waals surface area contributed by atoms with Crippen LogP contribution in [-0.4, -0.2) is 195 Å². The highest BCUT2D eigenvalue weighted by Crippen LogP contribution is 2.36. The first-order chi connectivity index (χ1) is 40.6. The number of likely N-dealkylation sites (tertiary alicyclic amines) is 3. The van der Waals surface area contributed by atoms with E-state index in [-0.39, 0.29) is 54.3 Å². The lowest BCUT2D eigenvalue weighted by Crippen LogP contribution is -2.39. The molecule has 0 radical (unpaired) electrons. The van der Waals surface area contributed by atoms with Crippen LogP contribution in [0.3, 0.4) is 0 Å². The number of ether oxygens (including phenoxy) is 3. The van der Waals surface area contributed by atoms with Crippen LogP contribution < -0.4 is 31.9 Å². The Bertz CT molecular complexity index is 3520. The summed E-state index contributed by atoms with van der Waals surface area (Å²) in [6.07, 6.45) is 9.35. The van der Waals surface area contributed by atoms with E-state index in [1.165, 1.54) is 40.3 Å². The molecular weight excluding hydrogens is 1080 g/mol. The Hall–Kier alpha value is -7.44. The lowest BCUT2D eigenvalue weighted by Gasteiger charge is -2.25. The monoisotopic (exact) mass is 1170 g/mol. The van der Waals surface area contributed by atoms with Gasteiger partial charge in [-0.15, -0.1) is 0 Å². The van der Waals surface area contributed by atoms with Crippen LogP contribution in [0.5, 0.6) is 0 Å². The first kappa shape index (κ1) is 60.7. The molecule has 6 N–H and O–H groups in total. The van der Waals surface area contributed by atoms with Crippen molar-refractivity contribution in [1.82, 2.24) is 59.6 Å². The second-order valence-corrected chi connectivity index (χ2v) is 24.7. The fraction of sp³-hybridized carbons (Fsp3) is 0.607. The quantitative estimate of drug-likeness (QED) is 0.0573. The van der Waals surface area contributed by atoms with Gasteiger partial charge in [-0.25, -0.2) is 15.0 Å². The molecule has 3 fully saturated rings. The summed E-state index contributed by atoms with van der Waals surface area (Å²) in [4.78, 5) is 84.8. The van der Waals surface area contributed by atoms with Crippen molar-refractivity contribution in [1.29, 1.82) is 0 Å². The first-order valence-corrected chi connectivity index (χ1v) is 30.2. The zero-order valence-corrected chi connectivity index (χ0v) is 52.1. The van der Waals surface area contributed by atoms with E-state index in [0.29, 0.717) is 60.8 Å². The molecular formula is C61H86N18O6. The van der Waals surface area contributed by atoms with Crippen LogP contribution in [0.15, 0.2) is 0 Å². The van der Waals surface area contributed by atoms with Gasteiger partial charge >= 0.3 is 17.9 Å². The van der Waals surface area contributed by atoms with E-state index < -0.39 is 5.41 Å². The number of anilines is 6. The number of hydrogen-bond acceptors (Lipinski definition) is 24. The van der Waals surface area contributed by atoms with Gasteiger partial charge in [0.25, 0.3) is 0 Å². The fourth-order valence-corrected chi connectivity index (χ4v) is 12.9. The molecule has 0 saturated carbocycles. The summed E-state index contributed by atoms with van der Waals surface area (Å²) < 4.78 is 16.9. The van der Waals surface area contributed by atoms with Crippen LogP contribution >= 0.6 is 0 Å². The van der Waals surface area contributed by atoms with Gasteiger partial charge in [0, 0.05) is 90.8 Å². The molecule has 3 saturated heterocycles. The third-order valence-corrected chi connectivity index (χ3v) is 17.2. The highest BCUT2D eigenvalue weighted by molar-refractivity contribution is 5.94. The third-order valence-electron chi connectivity index (χ3n) is 17.2. The molecule has 85 heavy (non-hydrogen) atoms. The molecule has 6 aliphatic rings. The second kappa shape index (κ2) is 25.3. The third kappa shape index (κ3) is 13.1. The lowest BCUT2D eigenvalue weighted by atomic mass is 9.97. The fourth-order valence-electron chi connectivity index (χ4n) is 12.9. The van der Waals surface area contributed by atoms with E-state index in [1.54, 1.807) is 0 Å². The Labute approximate surface area is 498 Å². The van der Waals surface area contributed by atoms with E-state index in [0.717, 1.165) is 128 Å². The van der Waals surface area contributed by atoms with Crippen molar-refractivity contribution in [2.75, 3.05) is 113 Å². The molecule has 12 rings (SSSR count). The largest absolute Gasteiger partial charge is 0.459 e. The average Bonchev–Trinajstić information content (AvgIpc) is 2.32. The van der Waals surface area contributed by atoms with Crippen LogP contribution in [0.25, 0.3) is 33.1 Å². The molecule has 6 aromatic heterocycles. The van der Waals surface area contributed by atoms with Crippen molar-refractivity contribution >= 4 is 86.3 Å². The van der Waals surface area contributed by atoms with Crippen molar-refractivity contribution < 1.29 is 28.6 Å². The van der Waals surface area contributed by atoms with Crippen molar-refractivity contribution in [3.8, 4) is 0 Å². The molecule has 24 nitrogen and oxygen atoms in total. The number of fused-ring (bicyclic) bond motifs is 6. The van der Waals surface area contributed by atoms with Crippen LogP contribution in [-0.2, 0) is 67.1 Å². The van der Waals surface area contributed by atoms with Crippen molar-refractivity contribution in [2.45, 2.75) is 156 Å². The second-order valence-electron chi connectivity index (χ2n) is 24.7. The smallest absolute Gasteiger partial charge is 0.311 e. The number of likely N-dealkylation sites (N-methyl/N-ethyl adjacent to an activating group) is 3. The maximum atomic E-state index is 12.4.